The number of benzene rings is 2. The van der Waals surface area contributed by atoms with Crippen LogP contribution in [0.2, 0.25) is 0 Å². The maximum atomic E-state index is 12.8. The third kappa shape index (κ3) is 4.69. The third-order valence-corrected chi connectivity index (χ3v) is 7.91. The molecular formula is C24H23N5O3S2. The Morgan fingerprint density at radius 1 is 1.18 bits per heavy atom. The zero-order valence-corrected chi connectivity index (χ0v) is 20.2. The molecule has 8 nitrogen and oxygen atoms in total. The van der Waals surface area contributed by atoms with E-state index in [1.165, 1.54) is 28.7 Å². The second kappa shape index (κ2) is 9.55. The number of hydrogen-bond donors (Lipinski definition) is 1. The maximum absolute atomic E-state index is 12.8. The summed E-state index contributed by atoms with van der Waals surface area (Å²) >= 11 is 2.54. The molecule has 5 rings (SSSR count). The van der Waals surface area contributed by atoms with E-state index in [2.05, 4.69) is 15.5 Å². The second-order valence-corrected chi connectivity index (χ2v) is 10.5. The van der Waals surface area contributed by atoms with Crippen LogP contribution in [-0.4, -0.2) is 46.8 Å². The van der Waals surface area contributed by atoms with Crippen LogP contribution in [0.15, 0.2) is 52.9 Å². The summed E-state index contributed by atoms with van der Waals surface area (Å²) in [6.07, 6.45) is 1.03. The lowest BCUT2D eigenvalue weighted by Crippen LogP contribution is -2.30. The zero-order valence-electron chi connectivity index (χ0n) is 18.6. The number of hydrogen-bond acceptors (Lipinski definition) is 7. The first kappa shape index (κ1) is 22.5. The SMILES string of the molecule is Cc1cccc(N2C[C@H](C(=O)Nc3nnc(SCC(=O)N4CCc5ccccc54)s3)CC2=O)c1. The predicted octanol–water partition coefficient (Wildman–Crippen LogP) is 3.52. The van der Waals surface area contributed by atoms with Crippen molar-refractivity contribution in [1.29, 1.82) is 0 Å². The molecule has 0 aliphatic carbocycles. The Morgan fingerprint density at radius 2 is 2.03 bits per heavy atom. The number of para-hydroxylation sites is 1. The molecule has 34 heavy (non-hydrogen) atoms. The van der Waals surface area contributed by atoms with Crippen LogP contribution in [0.1, 0.15) is 17.5 Å². The van der Waals surface area contributed by atoms with Crippen molar-refractivity contribution >= 4 is 57.3 Å². The highest BCUT2D eigenvalue weighted by molar-refractivity contribution is 8.01. The van der Waals surface area contributed by atoms with Crippen molar-refractivity contribution in [1.82, 2.24) is 10.2 Å². The van der Waals surface area contributed by atoms with Gasteiger partial charge in [-0.1, -0.05) is 53.4 Å². The Hall–Kier alpha value is -3.24. The summed E-state index contributed by atoms with van der Waals surface area (Å²) in [5, 5.41) is 11.3. The first-order chi connectivity index (χ1) is 16.5. The minimum atomic E-state index is -0.454. The number of amides is 3. The topological polar surface area (TPSA) is 95.5 Å². The number of carbonyl (C=O) groups excluding carboxylic acids is 3. The lowest BCUT2D eigenvalue weighted by Gasteiger charge is -2.17. The average Bonchev–Trinajstić information content (AvgIpc) is 3.56. The minimum absolute atomic E-state index is 0.0245. The van der Waals surface area contributed by atoms with Gasteiger partial charge >= 0.3 is 0 Å². The average molecular weight is 494 g/mol. The van der Waals surface area contributed by atoms with Crippen molar-refractivity contribution in [2.45, 2.75) is 24.1 Å². The van der Waals surface area contributed by atoms with E-state index >= 15 is 0 Å². The number of fused-ring (bicyclic) bond motifs is 1. The van der Waals surface area contributed by atoms with Crippen LogP contribution in [-0.2, 0) is 20.8 Å². The number of rotatable bonds is 6. The van der Waals surface area contributed by atoms with Gasteiger partial charge < -0.3 is 15.1 Å². The van der Waals surface area contributed by atoms with Gasteiger partial charge in [-0.2, -0.15) is 0 Å². The number of aromatic nitrogens is 2. The van der Waals surface area contributed by atoms with Gasteiger partial charge in [-0.25, -0.2) is 0 Å². The fourth-order valence-corrected chi connectivity index (χ4v) is 5.88. The normalized spacial score (nSPS) is 17.2. The van der Waals surface area contributed by atoms with Gasteiger partial charge in [0.05, 0.1) is 11.7 Å². The molecule has 0 radical (unpaired) electrons. The molecule has 1 N–H and O–H groups in total. The Bertz CT molecular complexity index is 1260. The molecule has 0 unspecified atom stereocenters. The second-order valence-electron chi connectivity index (χ2n) is 8.32. The first-order valence-corrected chi connectivity index (χ1v) is 12.8. The molecule has 0 bridgehead atoms. The zero-order chi connectivity index (χ0) is 23.7. The Kier molecular flexibility index (Phi) is 6.34. The van der Waals surface area contributed by atoms with Crippen LogP contribution in [0.4, 0.5) is 16.5 Å². The van der Waals surface area contributed by atoms with Crippen LogP contribution in [0.3, 0.4) is 0 Å². The number of nitrogens with zero attached hydrogens (tertiary/aromatic N) is 4. The molecule has 1 aromatic heterocycles. The van der Waals surface area contributed by atoms with E-state index < -0.39 is 5.92 Å². The van der Waals surface area contributed by atoms with Gasteiger partial charge in [0.25, 0.3) is 0 Å². The molecule has 3 heterocycles. The molecule has 3 amide bonds. The standard InChI is InChI=1S/C24H23N5O3S2/c1-15-5-4-7-18(11-15)29-13-17(12-20(29)30)22(32)25-23-26-27-24(34-23)33-14-21(31)28-10-9-16-6-2-3-8-19(16)28/h2-8,11,17H,9-10,12-14H2,1H3,(H,25,26,32)/t17-/m1/s1. The van der Waals surface area contributed by atoms with E-state index in [1.54, 1.807) is 4.90 Å². The van der Waals surface area contributed by atoms with Crippen molar-refractivity contribution in [3.05, 3.63) is 59.7 Å². The molecular weight excluding hydrogens is 470 g/mol. The monoisotopic (exact) mass is 493 g/mol. The summed E-state index contributed by atoms with van der Waals surface area (Å²) in [6, 6.07) is 15.6. The summed E-state index contributed by atoms with van der Waals surface area (Å²) in [7, 11) is 0. The number of carbonyl (C=O) groups is 3. The maximum Gasteiger partial charge on any atom is 0.237 e. The fraction of sp³-hybridized carbons (Fsp3) is 0.292. The number of nitrogens with one attached hydrogen (secondary N) is 1. The van der Waals surface area contributed by atoms with E-state index in [0.717, 1.165) is 23.4 Å². The van der Waals surface area contributed by atoms with Crippen LogP contribution < -0.4 is 15.1 Å². The molecule has 3 aromatic rings. The van der Waals surface area contributed by atoms with Gasteiger partial charge in [-0.3, -0.25) is 14.4 Å². The molecule has 0 spiro atoms. The highest BCUT2D eigenvalue weighted by Crippen LogP contribution is 2.31. The van der Waals surface area contributed by atoms with Gasteiger partial charge in [-0.15, -0.1) is 10.2 Å². The van der Waals surface area contributed by atoms with Crippen LogP contribution >= 0.6 is 23.1 Å². The number of aryl methyl sites for hydroxylation is 1. The molecule has 2 aliphatic rings. The summed E-state index contributed by atoms with van der Waals surface area (Å²) < 4.78 is 0.611. The predicted molar refractivity (Wildman–Crippen MR) is 133 cm³/mol. The highest BCUT2D eigenvalue weighted by atomic mass is 32.2. The summed E-state index contributed by atoms with van der Waals surface area (Å²) in [5.41, 5.74) is 4.03. The fourth-order valence-electron chi connectivity index (χ4n) is 4.25. The van der Waals surface area contributed by atoms with E-state index in [0.29, 0.717) is 22.6 Å². The lowest BCUT2D eigenvalue weighted by atomic mass is 10.1. The van der Waals surface area contributed by atoms with Crippen molar-refractivity contribution < 1.29 is 14.4 Å². The van der Waals surface area contributed by atoms with E-state index in [9.17, 15) is 14.4 Å². The molecule has 1 saturated heterocycles. The van der Waals surface area contributed by atoms with Crippen LogP contribution in [0, 0.1) is 12.8 Å². The smallest absolute Gasteiger partial charge is 0.237 e. The summed E-state index contributed by atoms with van der Waals surface area (Å²) in [4.78, 5) is 41.4. The van der Waals surface area contributed by atoms with Gasteiger partial charge in [-0.05, 0) is 42.7 Å². The van der Waals surface area contributed by atoms with E-state index in [4.69, 9.17) is 0 Å². The van der Waals surface area contributed by atoms with Crippen molar-refractivity contribution in [2.24, 2.45) is 5.92 Å². The number of anilines is 3. The van der Waals surface area contributed by atoms with E-state index in [-0.39, 0.29) is 29.9 Å². The number of thioether (sulfide) groups is 1. The van der Waals surface area contributed by atoms with Crippen molar-refractivity contribution in [3.8, 4) is 0 Å². The third-order valence-electron chi connectivity index (χ3n) is 5.95. The quantitative estimate of drug-likeness (QED) is 0.417. The largest absolute Gasteiger partial charge is 0.312 e. The molecule has 1 fully saturated rings. The summed E-state index contributed by atoms with van der Waals surface area (Å²) in [6.45, 7) is 2.99. The van der Waals surface area contributed by atoms with Crippen LogP contribution in [0.25, 0.3) is 0 Å². The molecule has 174 valence electrons. The lowest BCUT2D eigenvalue weighted by molar-refractivity contribution is -0.122. The molecule has 1 atom stereocenters. The Balaban J connectivity index is 1.15. The molecule has 2 aromatic carbocycles. The van der Waals surface area contributed by atoms with Gasteiger partial charge in [0.15, 0.2) is 4.34 Å². The molecule has 0 saturated carbocycles. The van der Waals surface area contributed by atoms with Gasteiger partial charge in [0.1, 0.15) is 0 Å². The van der Waals surface area contributed by atoms with Crippen molar-refractivity contribution in [3.63, 3.8) is 0 Å². The van der Waals surface area contributed by atoms with Gasteiger partial charge in [0.2, 0.25) is 22.9 Å². The molecule has 10 heteroatoms. The molecule has 2 aliphatic heterocycles. The van der Waals surface area contributed by atoms with Crippen LogP contribution in [0.5, 0.6) is 0 Å². The summed E-state index contributed by atoms with van der Waals surface area (Å²) in [5.74, 6) is -0.497. The van der Waals surface area contributed by atoms with Crippen molar-refractivity contribution in [2.75, 3.05) is 34.0 Å². The first-order valence-electron chi connectivity index (χ1n) is 11.0. The minimum Gasteiger partial charge on any atom is -0.312 e. The Labute approximate surface area is 205 Å². The highest BCUT2D eigenvalue weighted by Gasteiger charge is 2.35. The van der Waals surface area contributed by atoms with E-state index in [1.807, 2.05) is 60.4 Å². The Morgan fingerprint density at radius 3 is 2.88 bits per heavy atom. The van der Waals surface area contributed by atoms with Gasteiger partial charge in [0, 0.05) is 30.9 Å².